The average Bonchev–Trinajstić information content (AvgIpc) is 2.00. The van der Waals surface area contributed by atoms with Crippen molar-refractivity contribution in [3.05, 3.63) is 0 Å². The van der Waals surface area contributed by atoms with Crippen LogP contribution in [0.3, 0.4) is 0 Å². The van der Waals surface area contributed by atoms with E-state index in [1.165, 1.54) is 0 Å². The summed E-state index contributed by atoms with van der Waals surface area (Å²) in [6.07, 6.45) is -2.93. The van der Waals surface area contributed by atoms with Crippen molar-refractivity contribution in [3.63, 3.8) is 0 Å². The second-order valence-electron chi connectivity index (χ2n) is 2.90. The summed E-state index contributed by atoms with van der Waals surface area (Å²) in [6, 6.07) is 0. The van der Waals surface area contributed by atoms with Gasteiger partial charge in [0, 0.05) is 6.61 Å². The Labute approximate surface area is 86.6 Å². The maximum atomic E-state index is 11.6. The van der Waals surface area contributed by atoms with E-state index >= 15 is 0 Å². The van der Waals surface area contributed by atoms with Gasteiger partial charge in [0.2, 0.25) is 0 Å². The SMILES string of the molecule is NC(=S)CCCCOCCC(F)(F)F. The van der Waals surface area contributed by atoms with E-state index in [1.807, 2.05) is 0 Å². The quantitative estimate of drug-likeness (QED) is 0.538. The zero-order chi connectivity index (χ0) is 11.0. The Kier molecular flexibility index (Phi) is 6.82. The molecule has 0 amide bonds. The molecule has 0 heterocycles. The molecule has 0 rings (SSSR count). The predicted molar refractivity (Wildman–Crippen MR) is 52.1 cm³/mol. The highest BCUT2D eigenvalue weighted by Crippen LogP contribution is 2.18. The second-order valence-corrected chi connectivity index (χ2v) is 3.43. The van der Waals surface area contributed by atoms with Crippen LogP contribution in [-0.4, -0.2) is 24.4 Å². The lowest BCUT2D eigenvalue weighted by Crippen LogP contribution is -2.12. The van der Waals surface area contributed by atoms with Crippen LogP contribution in [0.25, 0.3) is 0 Å². The summed E-state index contributed by atoms with van der Waals surface area (Å²) >= 11 is 4.63. The molecule has 0 unspecified atom stereocenters. The van der Waals surface area contributed by atoms with Gasteiger partial charge in [-0.25, -0.2) is 0 Å². The van der Waals surface area contributed by atoms with Crippen molar-refractivity contribution in [2.75, 3.05) is 13.2 Å². The zero-order valence-corrected chi connectivity index (χ0v) is 8.59. The Balaban J connectivity index is 3.11. The number of hydrogen-bond acceptors (Lipinski definition) is 2. The normalized spacial score (nSPS) is 11.6. The monoisotopic (exact) mass is 229 g/mol. The number of unbranched alkanes of at least 4 members (excludes halogenated alkanes) is 1. The van der Waals surface area contributed by atoms with Gasteiger partial charge in [0.1, 0.15) is 0 Å². The minimum absolute atomic E-state index is 0.267. The molecule has 0 bridgehead atoms. The molecule has 0 saturated carbocycles. The van der Waals surface area contributed by atoms with Crippen LogP contribution in [-0.2, 0) is 4.74 Å². The highest BCUT2D eigenvalue weighted by atomic mass is 32.1. The third kappa shape index (κ3) is 11.6. The molecule has 0 aliphatic heterocycles. The van der Waals surface area contributed by atoms with Gasteiger partial charge in [-0.2, -0.15) is 13.2 Å². The first-order valence-corrected chi connectivity index (χ1v) is 4.75. The first-order chi connectivity index (χ1) is 6.42. The Hall–Kier alpha value is -0.360. The lowest BCUT2D eigenvalue weighted by molar-refractivity contribution is -0.145. The van der Waals surface area contributed by atoms with Crippen molar-refractivity contribution in [1.82, 2.24) is 0 Å². The fraction of sp³-hybridized carbons (Fsp3) is 0.875. The van der Waals surface area contributed by atoms with E-state index in [9.17, 15) is 13.2 Å². The molecule has 14 heavy (non-hydrogen) atoms. The van der Waals surface area contributed by atoms with Crippen molar-refractivity contribution in [3.8, 4) is 0 Å². The van der Waals surface area contributed by atoms with E-state index in [0.717, 1.165) is 6.42 Å². The fourth-order valence-corrected chi connectivity index (χ4v) is 0.938. The molecular weight excluding hydrogens is 215 g/mol. The van der Waals surface area contributed by atoms with E-state index in [2.05, 4.69) is 12.2 Å². The molecule has 0 radical (unpaired) electrons. The van der Waals surface area contributed by atoms with Crippen LogP contribution < -0.4 is 5.73 Å². The topological polar surface area (TPSA) is 35.2 Å². The van der Waals surface area contributed by atoms with E-state index in [-0.39, 0.29) is 6.61 Å². The second kappa shape index (κ2) is 7.00. The Morgan fingerprint density at radius 2 is 1.86 bits per heavy atom. The van der Waals surface area contributed by atoms with E-state index in [1.54, 1.807) is 0 Å². The van der Waals surface area contributed by atoms with Crippen LogP contribution >= 0.6 is 12.2 Å². The first kappa shape index (κ1) is 13.6. The molecule has 0 aromatic heterocycles. The van der Waals surface area contributed by atoms with Gasteiger partial charge >= 0.3 is 6.18 Å². The summed E-state index contributed by atoms with van der Waals surface area (Å²) in [5, 5.41) is 0. The third-order valence-corrected chi connectivity index (χ3v) is 1.70. The van der Waals surface area contributed by atoms with Crippen molar-refractivity contribution in [2.24, 2.45) is 5.73 Å². The van der Waals surface area contributed by atoms with Crippen molar-refractivity contribution < 1.29 is 17.9 Å². The molecule has 0 aliphatic rings. The summed E-state index contributed by atoms with van der Waals surface area (Å²) in [5.41, 5.74) is 5.23. The molecule has 0 aliphatic carbocycles. The van der Waals surface area contributed by atoms with Gasteiger partial charge in [-0.1, -0.05) is 12.2 Å². The molecular formula is C8H14F3NOS. The molecule has 0 aromatic carbocycles. The van der Waals surface area contributed by atoms with Gasteiger partial charge in [0.05, 0.1) is 18.0 Å². The molecule has 84 valence electrons. The van der Waals surface area contributed by atoms with Crippen LogP contribution in [0.5, 0.6) is 0 Å². The number of nitrogens with two attached hydrogens (primary N) is 1. The van der Waals surface area contributed by atoms with E-state index in [0.29, 0.717) is 24.4 Å². The average molecular weight is 229 g/mol. The lowest BCUT2D eigenvalue weighted by atomic mass is 10.2. The number of alkyl halides is 3. The number of thiocarbonyl (C=S) groups is 1. The Morgan fingerprint density at radius 1 is 1.21 bits per heavy atom. The van der Waals surface area contributed by atoms with Crippen molar-refractivity contribution in [2.45, 2.75) is 31.9 Å². The molecule has 0 spiro atoms. The van der Waals surface area contributed by atoms with Crippen LogP contribution in [0.15, 0.2) is 0 Å². The third-order valence-electron chi connectivity index (χ3n) is 1.49. The standard InChI is InChI=1S/C8H14F3NOS/c9-8(10,11)4-6-13-5-2-1-3-7(12)14/h1-6H2,(H2,12,14). The fourth-order valence-electron chi connectivity index (χ4n) is 0.793. The zero-order valence-electron chi connectivity index (χ0n) is 7.77. The first-order valence-electron chi connectivity index (χ1n) is 4.34. The predicted octanol–water partition coefficient (Wildman–Crippen LogP) is 2.41. The van der Waals surface area contributed by atoms with Gasteiger partial charge in [0.25, 0.3) is 0 Å². The van der Waals surface area contributed by atoms with Crippen LogP contribution in [0.4, 0.5) is 13.2 Å². The molecule has 0 aromatic rings. The molecule has 0 saturated heterocycles. The van der Waals surface area contributed by atoms with Gasteiger partial charge in [-0.3, -0.25) is 0 Å². The molecule has 6 heteroatoms. The van der Waals surface area contributed by atoms with Crippen molar-refractivity contribution in [1.29, 1.82) is 0 Å². The lowest BCUT2D eigenvalue weighted by Gasteiger charge is -2.06. The van der Waals surface area contributed by atoms with Gasteiger partial charge in [-0.15, -0.1) is 0 Å². The summed E-state index contributed by atoms with van der Waals surface area (Å²) in [6.45, 7) is 0.0647. The molecule has 2 N–H and O–H groups in total. The van der Waals surface area contributed by atoms with Gasteiger partial charge in [-0.05, 0) is 19.3 Å². The number of halogens is 3. The number of ether oxygens (including phenoxy) is 1. The number of rotatable bonds is 7. The van der Waals surface area contributed by atoms with Gasteiger partial charge in [0.15, 0.2) is 0 Å². The summed E-state index contributed by atoms with van der Waals surface area (Å²) < 4.78 is 39.7. The minimum Gasteiger partial charge on any atom is -0.393 e. The smallest absolute Gasteiger partial charge is 0.391 e. The molecule has 2 nitrogen and oxygen atoms in total. The summed E-state index contributed by atoms with van der Waals surface area (Å²) in [5.74, 6) is 0. The van der Waals surface area contributed by atoms with E-state index < -0.39 is 12.6 Å². The Bertz CT molecular complexity index is 172. The maximum Gasteiger partial charge on any atom is 0.391 e. The highest BCUT2D eigenvalue weighted by molar-refractivity contribution is 7.80. The molecule has 0 fully saturated rings. The number of hydrogen-bond donors (Lipinski definition) is 1. The highest BCUT2D eigenvalue weighted by Gasteiger charge is 2.26. The largest absolute Gasteiger partial charge is 0.393 e. The van der Waals surface area contributed by atoms with Crippen LogP contribution in [0.1, 0.15) is 25.7 Å². The summed E-state index contributed by atoms with van der Waals surface area (Å²) in [7, 11) is 0. The molecule has 0 atom stereocenters. The van der Waals surface area contributed by atoms with Crippen LogP contribution in [0, 0.1) is 0 Å². The minimum atomic E-state index is -4.13. The Morgan fingerprint density at radius 3 is 2.36 bits per heavy atom. The van der Waals surface area contributed by atoms with Crippen LogP contribution in [0.2, 0.25) is 0 Å². The van der Waals surface area contributed by atoms with Gasteiger partial charge < -0.3 is 10.5 Å². The summed E-state index contributed by atoms with van der Waals surface area (Å²) in [4.78, 5) is 0.431. The van der Waals surface area contributed by atoms with Crippen molar-refractivity contribution >= 4 is 17.2 Å². The maximum absolute atomic E-state index is 11.6. The van der Waals surface area contributed by atoms with E-state index in [4.69, 9.17) is 10.5 Å².